The van der Waals surface area contributed by atoms with Crippen molar-refractivity contribution in [2.45, 2.75) is 44.6 Å². The normalized spacial score (nSPS) is 16.7. The van der Waals surface area contributed by atoms with Gasteiger partial charge in [-0.15, -0.1) is 0 Å². The highest BCUT2D eigenvalue weighted by atomic mass is 19.1. The van der Waals surface area contributed by atoms with Crippen LogP contribution in [0.25, 0.3) is 5.69 Å². The summed E-state index contributed by atoms with van der Waals surface area (Å²) < 4.78 is 15.2. The zero-order valence-electron chi connectivity index (χ0n) is 19.1. The van der Waals surface area contributed by atoms with Gasteiger partial charge in [0, 0.05) is 62.3 Å². The van der Waals surface area contributed by atoms with Gasteiger partial charge in [0.25, 0.3) is 5.91 Å². The molecule has 0 radical (unpaired) electrons. The Hall–Kier alpha value is -3.06. The second kappa shape index (κ2) is 9.43. The second-order valence-corrected chi connectivity index (χ2v) is 9.08. The van der Waals surface area contributed by atoms with Crippen LogP contribution in [0.2, 0.25) is 0 Å². The number of hydrogen-bond acceptors (Lipinski definition) is 4. The lowest BCUT2D eigenvalue weighted by molar-refractivity contribution is 0.0636. The summed E-state index contributed by atoms with van der Waals surface area (Å²) in [6.07, 6.45) is 7.51. The fraction of sp³-hybridized carbons (Fsp3) is 0.423. The van der Waals surface area contributed by atoms with E-state index in [0.717, 1.165) is 80.8 Å². The van der Waals surface area contributed by atoms with Gasteiger partial charge in [0.2, 0.25) is 0 Å². The fourth-order valence-electron chi connectivity index (χ4n) is 5.09. The highest BCUT2D eigenvalue weighted by Crippen LogP contribution is 2.29. The number of pyridine rings is 1. The Bertz CT molecular complexity index is 1100. The Labute approximate surface area is 194 Å². The lowest BCUT2D eigenvalue weighted by Gasteiger charge is -2.36. The molecule has 1 fully saturated rings. The number of carbonyl (C=O) groups is 1. The van der Waals surface area contributed by atoms with Gasteiger partial charge in [-0.05, 0) is 68.5 Å². The van der Waals surface area contributed by atoms with E-state index in [1.54, 1.807) is 12.1 Å². The van der Waals surface area contributed by atoms with E-state index in [-0.39, 0.29) is 17.8 Å². The largest absolute Gasteiger partial charge is 0.337 e. The molecule has 2 aliphatic rings. The van der Waals surface area contributed by atoms with E-state index >= 15 is 0 Å². The van der Waals surface area contributed by atoms with Gasteiger partial charge in [0.05, 0.1) is 5.69 Å². The molecule has 1 aliphatic heterocycles. The minimum absolute atomic E-state index is 0.000877. The number of halogens is 1. The van der Waals surface area contributed by atoms with E-state index in [4.69, 9.17) is 5.10 Å². The molecule has 3 aromatic rings. The first-order valence-electron chi connectivity index (χ1n) is 11.9. The molecule has 0 atom stereocenters. The number of nitrogens with zero attached hydrogens (tertiary/aromatic N) is 5. The van der Waals surface area contributed by atoms with Crippen LogP contribution in [0.15, 0.2) is 48.7 Å². The van der Waals surface area contributed by atoms with Crippen LogP contribution in [0.5, 0.6) is 0 Å². The van der Waals surface area contributed by atoms with E-state index in [2.05, 4.69) is 16.0 Å². The lowest BCUT2D eigenvalue weighted by atomic mass is 10.0. The van der Waals surface area contributed by atoms with Crippen molar-refractivity contribution < 1.29 is 9.18 Å². The van der Waals surface area contributed by atoms with E-state index < -0.39 is 0 Å². The molecule has 33 heavy (non-hydrogen) atoms. The number of fused-ring (bicyclic) bond motifs is 1. The molecule has 5 rings (SSSR count). The molecule has 2 aromatic heterocycles. The smallest absolute Gasteiger partial charge is 0.274 e. The van der Waals surface area contributed by atoms with Crippen molar-refractivity contribution in [2.24, 2.45) is 0 Å². The lowest BCUT2D eigenvalue weighted by Crippen LogP contribution is -2.46. The number of aromatic nitrogens is 3. The summed E-state index contributed by atoms with van der Waals surface area (Å²) in [7, 11) is 1.91. The molecule has 0 N–H and O–H groups in total. The number of hydrogen-bond donors (Lipinski definition) is 0. The quantitative estimate of drug-likeness (QED) is 0.579. The first kappa shape index (κ1) is 21.8. The van der Waals surface area contributed by atoms with E-state index in [9.17, 15) is 9.18 Å². The van der Waals surface area contributed by atoms with Gasteiger partial charge >= 0.3 is 0 Å². The number of benzene rings is 1. The summed E-state index contributed by atoms with van der Waals surface area (Å²) in [4.78, 5) is 22.2. The maximum atomic E-state index is 13.5. The molecule has 7 heteroatoms. The van der Waals surface area contributed by atoms with Crippen molar-refractivity contribution in [1.82, 2.24) is 24.6 Å². The van der Waals surface area contributed by atoms with Gasteiger partial charge in [0.15, 0.2) is 5.69 Å². The highest BCUT2D eigenvalue weighted by Gasteiger charge is 2.32. The Morgan fingerprint density at radius 1 is 1.12 bits per heavy atom. The second-order valence-electron chi connectivity index (χ2n) is 9.08. The Balaban J connectivity index is 1.24. The molecule has 0 bridgehead atoms. The van der Waals surface area contributed by atoms with Crippen LogP contribution < -0.4 is 0 Å². The molecular formula is C26H30FN5O. The first-order chi connectivity index (χ1) is 16.1. The van der Waals surface area contributed by atoms with Crippen LogP contribution in [0.4, 0.5) is 4.39 Å². The van der Waals surface area contributed by atoms with Gasteiger partial charge in [-0.2, -0.15) is 5.10 Å². The zero-order chi connectivity index (χ0) is 22.8. The summed E-state index contributed by atoms with van der Waals surface area (Å²) in [5.74, 6) is -0.272. The van der Waals surface area contributed by atoms with Crippen LogP contribution in [-0.2, 0) is 19.3 Å². The molecular weight excluding hydrogens is 417 g/mol. The highest BCUT2D eigenvalue weighted by molar-refractivity contribution is 5.94. The predicted molar refractivity (Wildman–Crippen MR) is 125 cm³/mol. The van der Waals surface area contributed by atoms with Crippen molar-refractivity contribution in [3.8, 4) is 5.69 Å². The molecule has 1 amide bonds. The van der Waals surface area contributed by atoms with Gasteiger partial charge in [-0.25, -0.2) is 9.07 Å². The summed E-state index contributed by atoms with van der Waals surface area (Å²) in [6, 6.07) is 12.6. The number of carbonyl (C=O) groups excluding carboxylic acids is 1. The van der Waals surface area contributed by atoms with Crippen molar-refractivity contribution in [1.29, 1.82) is 0 Å². The van der Waals surface area contributed by atoms with Crippen LogP contribution in [0.1, 0.15) is 46.7 Å². The Morgan fingerprint density at radius 3 is 2.64 bits per heavy atom. The van der Waals surface area contributed by atoms with Crippen LogP contribution in [0.3, 0.4) is 0 Å². The fourth-order valence-corrected chi connectivity index (χ4v) is 5.09. The SMILES string of the molecule is CN(C(=O)c1nn(-c2ccc(F)cc2)c2c1CCC2)C1CCN(CCc2ccccn2)CC1. The number of amides is 1. The molecule has 1 aliphatic carbocycles. The zero-order valence-corrected chi connectivity index (χ0v) is 19.1. The summed E-state index contributed by atoms with van der Waals surface area (Å²) in [5.41, 5.74) is 4.63. The third kappa shape index (κ3) is 4.55. The minimum atomic E-state index is -0.273. The van der Waals surface area contributed by atoms with Crippen molar-refractivity contribution in [2.75, 3.05) is 26.7 Å². The number of rotatable bonds is 6. The molecule has 6 nitrogen and oxygen atoms in total. The van der Waals surface area contributed by atoms with Crippen LogP contribution in [0, 0.1) is 5.82 Å². The van der Waals surface area contributed by atoms with Gasteiger partial charge in [-0.3, -0.25) is 9.78 Å². The average Bonchev–Trinajstić information content (AvgIpc) is 3.47. The third-order valence-electron chi connectivity index (χ3n) is 7.04. The maximum absolute atomic E-state index is 13.5. The first-order valence-corrected chi connectivity index (χ1v) is 11.9. The Morgan fingerprint density at radius 2 is 1.91 bits per heavy atom. The summed E-state index contributed by atoms with van der Waals surface area (Å²) in [5, 5.41) is 4.71. The number of likely N-dealkylation sites (tertiary alicyclic amines) is 1. The van der Waals surface area contributed by atoms with E-state index in [0.29, 0.717) is 5.69 Å². The molecule has 1 saturated heterocycles. The molecule has 1 aromatic carbocycles. The Kier molecular flexibility index (Phi) is 6.22. The number of piperidine rings is 1. The van der Waals surface area contributed by atoms with Gasteiger partial charge in [0.1, 0.15) is 5.82 Å². The van der Waals surface area contributed by atoms with Crippen molar-refractivity contribution >= 4 is 5.91 Å². The van der Waals surface area contributed by atoms with Crippen LogP contribution >= 0.6 is 0 Å². The topological polar surface area (TPSA) is 54.3 Å². The predicted octanol–water partition coefficient (Wildman–Crippen LogP) is 3.67. The van der Waals surface area contributed by atoms with Crippen molar-refractivity contribution in [3.63, 3.8) is 0 Å². The third-order valence-corrected chi connectivity index (χ3v) is 7.04. The summed E-state index contributed by atoms with van der Waals surface area (Å²) in [6.45, 7) is 2.96. The monoisotopic (exact) mass is 447 g/mol. The van der Waals surface area contributed by atoms with Crippen LogP contribution in [-0.4, -0.2) is 63.2 Å². The molecule has 172 valence electrons. The van der Waals surface area contributed by atoms with E-state index in [1.807, 2.05) is 35.0 Å². The standard InChI is InChI=1S/C26H30FN5O/c1-30(21-13-17-31(18-14-21)16-12-20-5-2-3-15-28-20)26(33)25-23-6-4-7-24(23)32(29-25)22-10-8-19(27)9-11-22/h2-3,5,8-11,15,21H,4,6-7,12-14,16-18H2,1H3. The summed E-state index contributed by atoms with van der Waals surface area (Å²) >= 11 is 0. The molecule has 0 spiro atoms. The molecule has 0 unspecified atom stereocenters. The minimum Gasteiger partial charge on any atom is -0.337 e. The van der Waals surface area contributed by atoms with Gasteiger partial charge < -0.3 is 9.80 Å². The molecule has 0 saturated carbocycles. The maximum Gasteiger partial charge on any atom is 0.274 e. The average molecular weight is 448 g/mol. The van der Waals surface area contributed by atoms with Gasteiger partial charge in [-0.1, -0.05) is 6.07 Å². The molecule has 3 heterocycles. The van der Waals surface area contributed by atoms with E-state index in [1.165, 1.54) is 12.1 Å². The van der Waals surface area contributed by atoms with Crippen molar-refractivity contribution in [3.05, 3.63) is 77.1 Å².